The van der Waals surface area contributed by atoms with Crippen molar-refractivity contribution in [3.05, 3.63) is 78.1 Å². The fraction of sp³-hybridized carbons (Fsp3) is 0.192. The monoisotopic (exact) mass is 448 g/mol. The quantitative estimate of drug-likeness (QED) is 0.359. The molecule has 3 aromatic carbocycles. The highest BCUT2D eigenvalue weighted by Crippen LogP contribution is 2.36. The molecular formula is C26H25FN2O4. The molecule has 0 aliphatic heterocycles. The summed E-state index contributed by atoms with van der Waals surface area (Å²) in [5.41, 5.74) is 4.16. The maximum atomic E-state index is 13.8. The number of aromatic nitrogens is 2. The van der Waals surface area contributed by atoms with Gasteiger partial charge in [0.25, 0.3) is 0 Å². The number of nitrogens with zero attached hydrogens (tertiary/aromatic N) is 2. The summed E-state index contributed by atoms with van der Waals surface area (Å²) in [6.45, 7) is 0.398. The number of ether oxygens (including phenoxy) is 4. The molecule has 0 spiro atoms. The number of rotatable bonds is 8. The molecule has 0 aliphatic rings. The second kappa shape index (κ2) is 9.65. The minimum atomic E-state index is -0.285. The number of methoxy groups -OCH3 is 4. The molecule has 0 radical (unpaired) electrons. The van der Waals surface area contributed by atoms with Crippen LogP contribution in [0.4, 0.5) is 4.39 Å². The third-order valence-electron chi connectivity index (χ3n) is 5.36. The van der Waals surface area contributed by atoms with E-state index in [0.717, 1.165) is 28.1 Å². The van der Waals surface area contributed by atoms with Crippen LogP contribution in [0.1, 0.15) is 5.56 Å². The lowest BCUT2D eigenvalue weighted by Crippen LogP contribution is -2.04. The minimum absolute atomic E-state index is 0.285. The van der Waals surface area contributed by atoms with Gasteiger partial charge in [-0.05, 0) is 60.2 Å². The van der Waals surface area contributed by atoms with E-state index in [1.807, 2.05) is 53.2 Å². The molecule has 1 heterocycles. The Kier molecular flexibility index (Phi) is 6.49. The van der Waals surface area contributed by atoms with E-state index >= 15 is 0 Å². The van der Waals surface area contributed by atoms with Gasteiger partial charge >= 0.3 is 0 Å². The van der Waals surface area contributed by atoms with Crippen molar-refractivity contribution in [2.24, 2.45) is 0 Å². The Morgan fingerprint density at radius 1 is 0.697 bits per heavy atom. The van der Waals surface area contributed by atoms with Gasteiger partial charge < -0.3 is 18.9 Å². The van der Waals surface area contributed by atoms with Crippen molar-refractivity contribution in [3.63, 3.8) is 0 Å². The average Bonchev–Trinajstić information content (AvgIpc) is 3.26. The van der Waals surface area contributed by atoms with E-state index in [9.17, 15) is 4.39 Å². The standard InChI is InChI=1S/C26H25FN2O4/c1-30-23-10-8-18(13-25(23)32-3)21-15-22(19-9-11-24(31-2)26(14-19)33-4)29(28-21)16-17-6-5-7-20(27)12-17/h5-15H,16H2,1-4H3. The zero-order chi connectivity index (χ0) is 23.4. The molecule has 0 N–H and O–H groups in total. The van der Waals surface area contributed by atoms with E-state index in [0.29, 0.717) is 29.5 Å². The molecule has 0 saturated heterocycles. The molecule has 4 aromatic rings. The first-order chi connectivity index (χ1) is 16.1. The van der Waals surface area contributed by atoms with Gasteiger partial charge in [-0.3, -0.25) is 4.68 Å². The van der Waals surface area contributed by atoms with Crippen LogP contribution in [-0.2, 0) is 6.54 Å². The van der Waals surface area contributed by atoms with Gasteiger partial charge in [-0.2, -0.15) is 5.10 Å². The number of hydrogen-bond donors (Lipinski definition) is 0. The van der Waals surface area contributed by atoms with Gasteiger partial charge in [0.1, 0.15) is 5.82 Å². The van der Waals surface area contributed by atoms with E-state index in [1.165, 1.54) is 12.1 Å². The number of halogens is 1. The highest BCUT2D eigenvalue weighted by atomic mass is 19.1. The molecule has 4 rings (SSSR count). The van der Waals surface area contributed by atoms with Crippen molar-refractivity contribution in [1.82, 2.24) is 9.78 Å². The van der Waals surface area contributed by atoms with Crippen LogP contribution in [0.2, 0.25) is 0 Å². The van der Waals surface area contributed by atoms with E-state index in [1.54, 1.807) is 34.5 Å². The summed E-state index contributed by atoms with van der Waals surface area (Å²) in [6.07, 6.45) is 0. The molecule has 0 aliphatic carbocycles. The second-order valence-electron chi connectivity index (χ2n) is 7.34. The molecule has 0 fully saturated rings. The lowest BCUT2D eigenvalue weighted by molar-refractivity contribution is 0.355. The predicted octanol–water partition coefficient (Wildman–Crippen LogP) is 5.44. The van der Waals surface area contributed by atoms with Gasteiger partial charge in [-0.25, -0.2) is 4.39 Å². The molecule has 0 amide bonds. The number of benzene rings is 3. The van der Waals surface area contributed by atoms with Crippen LogP contribution in [0, 0.1) is 5.82 Å². The van der Waals surface area contributed by atoms with Gasteiger partial charge in [0.15, 0.2) is 23.0 Å². The molecule has 6 nitrogen and oxygen atoms in total. The lowest BCUT2D eigenvalue weighted by atomic mass is 10.1. The van der Waals surface area contributed by atoms with Crippen LogP contribution < -0.4 is 18.9 Å². The number of hydrogen-bond acceptors (Lipinski definition) is 5. The summed E-state index contributed by atoms with van der Waals surface area (Å²) in [4.78, 5) is 0. The molecule has 1 aromatic heterocycles. The van der Waals surface area contributed by atoms with E-state index in [2.05, 4.69) is 0 Å². The van der Waals surface area contributed by atoms with Gasteiger partial charge in [-0.15, -0.1) is 0 Å². The first-order valence-corrected chi connectivity index (χ1v) is 10.3. The summed E-state index contributed by atoms with van der Waals surface area (Å²) < 4.78 is 37.3. The van der Waals surface area contributed by atoms with Crippen molar-refractivity contribution in [2.45, 2.75) is 6.54 Å². The lowest BCUT2D eigenvalue weighted by Gasteiger charge is -2.11. The topological polar surface area (TPSA) is 54.7 Å². The fourth-order valence-electron chi connectivity index (χ4n) is 3.71. The van der Waals surface area contributed by atoms with Gasteiger partial charge in [0.2, 0.25) is 0 Å². The Morgan fingerprint density at radius 2 is 1.30 bits per heavy atom. The third-order valence-corrected chi connectivity index (χ3v) is 5.36. The summed E-state index contributed by atoms with van der Waals surface area (Å²) in [7, 11) is 6.39. The van der Waals surface area contributed by atoms with E-state index in [-0.39, 0.29) is 5.82 Å². The van der Waals surface area contributed by atoms with Gasteiger partial charge in [0.05, 0.1) is 46.4 Å². The minimum Gasteiger partial charge on any atom is -0.493 e. The Morgan fingerprint density at radius 3 is 1.91 bits per heavy atom. The molecule has 0 bridgehead atoms. The SMILES string of the molecule is COc1ccc(-c2cc(-c3ccc(OC)c(OC)c3)n(Cc3cccc(F)c3)n2)cc1OC. The van der Waals surface area contributed by atoms with Crippen LogP contribution in [0.15, 0.2) is 66.7 Å². The first kappa shape index (κ1) is 22.2. The van der Waals surface area contributed by atoms with Crippen LogP contribution in [0.5, 0.6) is 23.0 Å². The summed E-state index contributed by atoms with van der Waals surface area (Å²) in [6, 6.07) is 19.8. The average molecular weight is 448 g/mol. The Bertz CT molecular complexity index is 1270. The molecule has 0 atom stereocenters. The fourth-order valence-corrected chi connectivity index (χ4v) is 3.71. The van der Waals surface area contributed by atoms with Gasteiger partial charge in [0, 0.05) is 11.1 Å². The molecule has 33 heavy (non-hydrogen) atoms. The van der Waals surface area contributed by atoms with Crippen LogP contribution in [0.3, 0.4) is 0 Å². The molecule has 7 heteroatoms. The summed E-state index contributed by atoms with van der Waals surface area (Å²) in [5.74, 6) is 2.22. The van der Waals surface area contributed by atoms with Crippen LogP contribution in [-0.4, -0.2) is 38.2 Å². The van der Waals surface area contributed by atoms with Crippen molar-refractivity contribution in [1.29, 1.82) is 0 Å². The maximum Gasteiger partial charge on any atom is 0.161 e. The smallest absolute Gasteiger partial charge is 0.161 e. The predicted molar refractivity (Wildman–Crippen MR) is 125 cm³/mol. The van der Waals surface area contributed by atoms with E-state index < -0.39 is 0 Å². The first-order valence-electron chi connectivity index (χ1n) is 10.3. The molecule has 170 valence electrons. The normalized spacial score (nSPS) is 10.7. The largest absolute Gasteiger partial charge is 0.493 e. The van der Waals surface area contributed by atoms with Crippen molar-refractivity contribution in [3.8, 4) is 45.5 Å². The highest BCUT2D eigenvalue weighted by molar-refractivity contribution is 5.72. The van der Waals surface area contributed by atoms with Gasteiger partial charge in [-0.1, -0.05) is 12.1 Å². The van der Waals surface area contributed by atoms with Crippen LogP contribution >= 0.6 is 0 Å². The zero-order valence-electron chi connectivity index (χ0n) is 19.0. The Balaban J connectivity index is 1.83. The third kappa shape index (κ3) is 4.62. The zero-order valence-corrected chi connectivity index (χ0v) is 19.0. The summed E-state index contributed by atoms with van der Waals surface area (Å²) >= 11 is 0. The van der Waals surface area contributed by atoms with Crippen molar-refractivity contribution >= 4 is 0 Å². The summed E-state index contributed by atoms with van der Waals surface area (Å²) in [5, 5.41) is 4.84. The highest BCUT2D eigenvalue weighted by Gasteiger charge is 2.16. The maximum absolute atomic E-state index is 13.8. The van der Waals surface area contributed by atoms with Crippen molar-refractivity contribution in [2.75, 3.05) is 28.4 Å². The molecular weight excluding hydrogens is 423 g/mol. The van der Waals surface area contributed by atoms with Crippen LogP contribution in [0.25, 0.3) is 22.5 Å². The molecule has 0 saturated carbocycles. The Hall–Kier alpha value is -4.00. The Labute approximate surface area is 192 Å². The van der Waals surface area contributed by atoms with E-state index in [4.69, 9.17) is 24.0 Å². The molecule has 0 unspecified atom stereocenters. The second-order valence-corrected chi connectivity index (χ2v) is 7.34. The van der Waals surface area contributed by atoms with Crippen molar-refractivity contribution < 1.29 is 23.3 Å².